The van der Waals surface area contributed by atoms with Crippen molar-refractivity contribution >= 4 is 17.2 Å². The smallest absolute Gasteiger partial charge is 0.273 e. The molecule has 1 aliphatic rings. The Morgan fingerprint density at radius 3 is 3.00 bits per heavy atom. The molecule has 1 aromatic heterocycles. The molecule has 1 saturated heterocycles. The molecule has 1 fully saturated rings. The molecule has 0 bridgehead atoms. The van der Waals surface area contributed by atoms with Gasteiger partial charge >= 0.3 is 0 Å². The van der Waals surface area contributed by atoms with Crippen LogP contribution in [0.15, 0.2) is 29.6 Å². The first-order valence-corrected chi connectivity index (χ1v) is 8.67. The Bertz CT molecular complexity index is 701. The van der Waals surface area contributed by atoms with Crippen molar-refractivity contribution in [3.63, 3.8) is 0 Å². The Morgan fingerprint density at radius 1 is 1.48 bits per heavy atom. The first-order chi connectivity index (χ1) is 11.1. The van der Waals surface area contributed by atoms with Crippen molar-refractivity contribution in [1.29, 1.82) is 0 Å². The van der Waals surface area contributed by atoms with E-state index in [-0.39, 0.29) is 17.8 Å². The molecule has 23 heavy (non-hydrogen) atoms. The molecule has 0 aliphatic carbocycles. The number of carbonyl (C=O) groups is 1. The third-order valence-electron chi connectivity index (χ3n) is 3.97. The lowest BCUT2D eigenvalue weighted by Gasteiger charge is -2.36. The molecule has 0 saturated carbocycles. The zero-order valence-electron chi connectivity index (χ0n) is 13.3. The summed E-state index contributed by atoms with van der Waals surface area (Å²) in [6.45, 7) is 6.07. The quantitative estimate of drug-likeness (QED) is 0.938. The van der Waals surface area contributed by atoms with Gasteiger partial charge in [0.2, 0.25) is 0 Å². The second kappa shape index (κ2) is 6.76. The summed E-state index contributed by atoms with van der Waals surface area (Å²) in [7, 11) is 0. The number of piperazine rings is 1. The molecule has 4 nitrogen and oxygen atoms in total. The van der Waals surface area contributed by atoms with Crippen LogP contribution >= 0.6 is 11.3 Å². The lowest BCUT2D eigenvalue weighted by molar-refractivity contribution is 0.0628. The van der Waals surface area contributed by atoms with Crippen LogP contribution in [-0.4, -0.2) is 35.4 Å². The van der Waals surface area contributed by atoms with Crippen LogP contribution in [0.4, 0.5) is 4.39 Å². The number of rotatable bonds is 3. The van der Waals surface area contributed by atoms with E-state index in [9.17, 15) is 9.18 Å². The Labute approximate surface area is 139 Å². The summed E-state index contributed by atoms with van der Waals surface area (Å²) >= 11 is 1.52. The summed E-state index contributed by atoms with van der Waals surface area (Å²) < 4.78 is 13.5. The standard InChI is InChI=1S/C17H20FN3OS/c1-11(2)16-20-14(10-23-16)17(22)21-7-6-19-9-15(21)12-4-3-5-13(18)8-12/h3-5,8,10-11,15,19H,6-7,9H2,1-2H3. The summed E-state index contributed by atoms with van der Waals surface area (Å²) in [5.74, 6) is -0.0521. The van der Waals surface area contributed by atoms with Crippen LogP contribution in [0.3, 0.4) is 0 Å². The van der Waals surface area contributed by atoms with Crippen molar-refractivity contribution < 1.29 is 9.18 Å². The molecule has 1 aromatic carbocycles. The molecule has 6 heteroatoms. The molecule has 0 radical (unpaired) electrons. The van der Waals surface area contributed by atoms with Crippen LogP contribution in [-0.2, 0) is 0 Å². The predicted molar refractivity (Wildman–Crippen MR) is 89.3 cm³/mol. The lowest BCUT2D eigenvalue weighted by Crippen LogP contribution is -2.48. The fraction of sp³-hybridized carbons (Fsp3) is 0.412. The summed E-state index contributed by atoms with van der Waals surface area (Å²) in [6, 6.07) is 6.29. The van der Waals surface area contributed by atoms with Gasteiger partial charge in [0, 0.05) is 30.9 Å². The molecule has 2 heterocycles. The Kier molecular flexibility index (Phi) is 4.73. The van der Waals surface area contributed by atoms with Crippen molar-refractivity contribution in [1.82, 2.24) is 15.2 Å². The molecule has 0 spiro atoms. The van der Waals surface area contributed by atoms with E-state index in [1.54, 1.807) is 11.0 Å². The van der Waals surface area contributed by atoms with E-state index in [1.165, 1.54) is 23.5 Å². The Hall–Kier alpha value is -1.79. The second-order valence-electron chi connectivity index (χ2n) is 6.00. The average Bonchev–Trinajstić information content (AvgIpc) is 3.04. The van der Waals surface area contributed by atoms with Crippen LogP contribution < -0.4 is 5.32 Å². The van der Waals surface area contributed by atoms with Crippen molar-refractivity contribution in [2.75, 3.05) is 19.6 Å². The lowest BCUT2D eigenvalue weighted by atomic mass is 10.0. The zero-order chi connectivity index (χ0) is 16.4. The van der Waals surface area contributed by atoms with Gasteiger partial charge in [0.15, 0.2) is 0 Å². The highest BCUT2D eigenvalue weighted by atomic mass is 32.1. The molecule has 1 atom stereocenters. The van der Waals surface area contributed by atoms with Crippen LogP contribution in [0.5, 0.6) is 0 Å². The monoisotopic (exact) mass is 333 g/mol. The molecular weight excluding hydrogens is 313 g/mol. The summed E-state index contributed by atoms with van der Waals surface area (Å²) in [5, 5.41) is 6.06. The fourth-order valence-electron chi connectivity index (χ4n) is 2.76. The number of thiazole rings is 1. The van der Waals surface area contributed by atoms with Gasteiger partial charge in [0.05, 0.1) is 11.0 Å². The maximum Gasteiger partial charge on any atom is 0.273 e. The van der Waals surface area contributed by atoms with E-state index in [2.05, 4.69) is 24.1 Å². The van der Waals surface area contributed by atoms with Crippen molar-refractivity contribution in [3.8, 4) is 0 Å². The van der Waals surface area contributed by atoms with E-state index in [1.807, 2.05) is 11.4 Å². The topological polar surface area (TPSA) is 45.2 Å². The second-order valence-corrected chi connectivity index (χ2v) is 6.89. The van der Waals surface area contributed by atoms with Gasteiger partial charge in [-0.1, -0.05) is 26.0 Å². The average molecular weight is 333 g/mol. The number of halogens is 1. The van der Waals surface area contributed by atoms with Gasteiger partial charge in [-0.25, -0.2) is 9.37 Å². The Morgan fingerprint density at radius 2 is 2.30 bits per heavy atom. The van der Waals surface area contributed by atoms with Gasteiger partial charge in [0.25, 0.3) is 5.91 Å². The van der Waals surface area contributed by atoms with Gasteiger partial charge in [0.1, 0.15) is 11.5 Å². The van der Waals surface area contributed by atoms with Gasteiger partial charge in [-0.3, -0.25) is 4.79 Å². The van der Waals surface area contributed by atoms with E-state index in [0.717, 1.165) is 17.1 Å². The molecule has 1 aliphatic heterocycles. The number of carbonyl (C=O) groups excluding carboxylic acids is 1. The molecular formula is C17H20FN3OS. The number of amides is 1. The maximum atomic E-state index is 13.5. The number of aromatic nitrogens is 1. The Balaban J connectivity index is 1.87. The van der Waals surface area contributed by atoms with Gasteiger partial charge in [-0.15, -0.1) is 11.3 Å². The predicted octanol–water partition coefficient (Wildman–Crippen LogP) is 3.19. The molecule has 1 N–H and O–H groups in total. The van der Waals surface area contributed by atoms with Gasteiger partial charge < -0.3 is 10.2 Å². The van der Waals surface area contributed by atoms with Crippen LogP contribution in [0.2, 0.25) is 0 Å². The minimum absolute atomic E-state index is 0.0797. The first kappa shape index (κ1) is 16.1. The largest absolute Gasteiger partial charge is 0.328 e. The fourth-order valence-corrected chi connectivity index (χ4v) is 3.57. The molecule has 3 rings (SSSR count). The van der Waals surface area contributed by atoms with E-state index < -0.39 is 0 Å². The number of hydrogen-bond acceptors (Lipinski definition) is 4. The third-order valence-corrected chi connectivity index (χ3v) is 5.12. The van der Waals surface area contributed by atoms with Crippen LogP contribution in [0.25, 0.3) is 0 Å². The number of benzene rings is 1. The van der Waals surface area contributed by atoms with Crippen LogP contribution in [0, 0.1) is 5.82 Å². The van der Waals surface area contributed by atoms with Gasteiger partial charge in [-0.05, 0) is 17.7 Å². The molecule has 2 aromatic rings. The minimum Gasteiger partial charge on any atom is -0.328 e. The van der Waals surface area contributed by atoms with E-state index in [4.69, 9.17) is 0 Å². The SMILES string of the molecule is CC(C)c1nc(C(=O)N2CCNCC2c2cccc(F)c2)cs1. The van der Waals surface area contributed by atoms with Gasteiger partial charge in [-0.2, -0.15) is 0 Å². The first-order valence-electron chi connectivity index (χ1n) is 7.79. The van der Waals surface area contributed by atoms with Crippen molar-refractivity contribution in [3.05, 3.63) is 51.7 Å². The summed E-state index contributed by atoms with van der Waals surface area (Å²) in [5.41, 5.74) is 1.30. The molecule has 1 unspecified atom stereocenters. The number of nitrogens with one attached hydrogen (secondary N) is 1. The maximum absolute atomic E-state index is 13.5. The third kappa shape index (κ3) is 3.43. The molecule has 1 amide bonds. The minimum atomic E-state index is -0.281. The zero-order valence-corrected chi connectivity index (χ0v) is 14.1. The van der Waals surface area contributed by atoms with Crippen molar-refractivity contribution in [2.24, 2.45) is 0 Å². The normalized spacial score (nSPS) is 18.4. The summed E-state index contributed by atoms with van der Waals surface area (Å²) in [4.78, 5) is 19.1. The van der Waals surface area contributed by atoms with Crippen LogP contribution in [0.1, 0.15) is 46.9 Å². The number of hydrogen-bond donors (Lipinski definition) is 1. The van der Waals surface area contributed by atoms with E-state index in [0.29, 0.717) is 24.7 Å². The highest BCUT2D eigenvalue weighted by Crippen LogP contribution is 2.26. The van der Waals surface area contributed by atoms with Crippen molar-refractivity contribution in [2.45, 2.75) is 25.8 Å². The summed E-state index contributed by atoms with van der Waals surface area (Å²) in [6.07, 6.45) is 0. The number of nitrogens with zero attached hydrogens (tertiary/aromatic N) is 2. The highest BCUT2D eigenvalue weighted by Gasteiger charge is 2.30. The molecule has 122 valence electrons. The highest BCUT2D eigenvalue weighted by molar-refractivity contribution is 7.09. The van der Waals surface area contributed by atoms with E-state index >= 15 is 0 Å².